The molecule has 0 heterocycles. The Kier molecular flexibility index (Phi) is 16.5. The Bertz CT molecular complexity index is 5740. The second kappa shape index (κ2) is 26.2. The second-order valence-corrected chi connectivity index (χ2v) is 30.6. The molecular formula is C99H70F8N2O2. The van der Waals surface area contributed by atoms with E-state index in [4.69, 9.17) is 9.47 Å². The molecule has 4 nitrogen and oxygen atoms in total. The molecule has 0 saturated carbocycles. The van der Waals surface area contributed by atoms with Crippen molar-refractivity contribution in [3.8, 4) is 45.3 Å². The van der Waals surface area contributed by atoms with Crippen LogP contribution >= 0.6 is 0 Å². The van der Waals surface area contributed by atoms with Crippen LogP contribution in [-0.2, 0) is 27.1 Å². The third-order valence-electron chi connectivity index (χ3n) is 23.4. The van der Waals surface area contributed by atoms with Crippen LogP contribution in [0.25, 0.3) is 34.4 Å². The summed E-state index contributed by atoms with van der Waals surface area (Å²) in [5.41, 5.74) is 12.1. The monoisotopic (exact) mass is 1470 g/mol. The summed E-state index contributed by atoms with van der Waals surface area (Å²) in [6, 6.07) is 85.7. The van der Waals surface area contributed by atoms with Gasteiger partial charge in [-0.15, -0.1) is 0 Å². The molecule has 0 fully saturated rings. The smallest absolute Gasteiger partial charge is 0.161 e. The number of rotatable bonds is 16. The molecule has 0 radical (unpaired) electrons. The fraction of sp³-hybridized carbons (Fsp3) is 0.111. The highest BCUT2D eigenvalue weighted by molar-refractivity contribution is 5.92. The van der Waals surface area contributed by atoms with Crippen LogP contribution < -0.4 is 19.3 Å². The Morgan fingerprint density at radius 3 is 0.937 bits per heavy atom. The SMILES string of the molecule is C=Cc1ccc(Oc2ccc(C3(c4ccc(F)cc4)c4ccccc4-c4ccc(N(c5ccc6c(c5)C5(CC6(C)C)CC(C)(C)c6ccc(N(c7ccc8c(c7)C(c7ccc(F)cc7)(c7ccc(Oc9ccc(C=C)cc9)cc7)c7ccccc7-8)c7cc(F)c(F)cc7F)cc65)c5cc(F)c(F)cc5F)cc43)cc2)cc1. The zero-order valence-corrected chi connectivity index (χ0v) is 60.9. The van der Waals surface area contributed by atoms with Gasteiger partial charge >= 0.3 is 0 Å². The van der Waals surface area contributed by atoms with E-state index >= 15 is 35.1 Å². The van der Waals surface area contributed by atoms with Gasteiger partial charge in [-0.3, -0.25) is 0 Å². The molecule has 111 heavy (non-hydrogen) atoms. The summed E-state index contributed by atoms with van der Waals surface area (Å²) in [6.07, 6.45) is 4.60. The van der Waals surface area contributed by atoms with Gasteiger partial charge in [-0.05, 0) is 245 Å². The highest BCUT2D eigenvalue weighted by Gasteiger charge is 2.57. The first-order chi connectivity index (χ1) is 53.6. The van der Waals surface area contributed by atoms with Crippen LogP contribution in [-0.4, -0.2) is 0 Å². The number of hydrogen-bond donors (Lipinski definition) is 0. The number of anilines is 6. The second-order valence-electron chi connectivity index (χ2n) is 30.6. The Morgan fingerprint density at radius 2 is 0.586 bits per heavy atom. The van der Waals surface area contributed by atoms with E-state index in [-0.39, 0.29) is 11.4 Å². The predicted octanol–water partition coefficient (Wildman–Crippen LogP) is 27.0. The molecule has 14 aromatic carbocycles. The van der Waals surface area contributed by atoms with E-state index in [9.17, 15) is 0 Å². The molecular weight excluding hydrogens is 1400 g/mol. The molecule has 544 valence electrons. The molecule has 0 aliphatic heterocycles. The highest BCUT2D eigenvalue weighted by Crippen LogP contribution is 2.66. The van der Waals surface area contributed by atoms with E-state index in [0.29, 0.717) is 70.7 Å². The van der Waals surface area contributed by atoms with Crippen molar-refractivity contribution >= 4 is 46.3 Å². The zero-order chi connectivity index (χ0) is 76.6. The maximum atomic E-state index is 17.4. The Morgan fingerprint density at radius 1 is 0.288 bits per heavy atom. The fourth-order valence-corrected chi connectivity index (χ4v) is 18.8. The summed E-state index contributed by atoms with van der Waals surface area (Å²) < 4.78 is 142. The lowest BCUT2D eigenvalue weighted by molar-refractivity contribution is 0.349. The normalized spacial score (nSPS) is 17.6. The van der Waals surface area contributed by atoms with Crippen molar-refractivity contribution in [3.05, 3.63) is 429 Å². The van der Waals surface area contributed by atoms with Gasteiger partial charge in [0.1, 0.15) is 46.3 Å². The van der Waals surface area contributed by atoms with Crippen molar-refractivity contribution in [3.63, 3.8) is 0 Å². The molecule has 18 rings (SSSR count). The van der Waals surface area contributed by atoms with Crippen LogP contribution in [0.2, 0.25) is 0 Å². The molecule has 14 aromatic rings. The Balaban J connectivity index is 0.807. The van der Waals surface area contributed by atoms with Gasteiger partial charge in [0.2, 0.25) is 0 Å². The van der Waals surface area contributed by atoms with Crippen LogP contribution in [0.4, 0.5) is 69.2 Å². The van der Waals surface area contributed by atoms with Gasteiger partial charge in [-0.25, -0.2) is 35.1 Å². The molecule has 0 bridgehead atoms. The van der Waals surface area contributed by atoms with Crippen molar-refractivity contribution in [2.24, 2.45) is 0 Å². The minimum atomic E-state index is -1.37. The molecule has 0 saturated heterocycles. The fourth-order valence-electron chi connectivity index (χ4n) is 18.8. The number of fused-ring (bicyclic) bond motifs is 10. The summed E-state index contributed by atoms with van der Waals surface area (Å²) in [4.78, 5) is 3.25. The summed E-state index contributed by atoms with van der Waals surface area (Å²) in [5, 5.41) is 0. The topological polar surface area (TPSA) is 24.9 Å². The summed E-state index contributed by atoms with van der Waals surface area (Å²) in [7, 11) is 0. The predicted molar refractivity (Wildman–Crippen MR) is 426 cm³/mol. The van der Waals surface area contributed by atoms with Crippen molar-refractivity contribution in [1.29, 1.82) is 0 Å². The number of hydrogen-bond acceptors (Lipinski definition) is 4. The van der Waals surface area contributed by atoms with E-state index < -0.39 is 73.6 Å². The van der Waals surface area contributed by atoms with Gasteiger partial charge in [0, 0.05) is 52.4 Å². The maximum absolute atomic E-state index is 17.4. The van der Waals surface area contributed by atoms with Crippen LogP contribution in [0.5, 0.6) is 23.0 Å². The van der Waals surface area contributed by atoms with Crippen molar-refractivity contribution < 1.29 is 44.6 Å². The van der Waals surface area contributed by atoms with Gasteiger partial charge in [0.05, 0.1) is 22.2 Å². The van der Waals surface area contributed by atoms with Gasteiger partial charge < -0.3 is 19.3 Å². The molecule has 0 aromatic heterocycles. The first kappa shape index (κ1) is 69.9. The minimum Gasteiger partial charge on any atom is -0.457 e. The van der Waals surface area contributed by atoms with Crippen molar-refractivity contribution in [2.75, 3.05) is 9.80 Å². The highest BCUT2D eigenvalue weighted by atomic mass is 19.2. The average Bonchev–Trinajstić information content (AvgIpc) is 1.55. The molecule has 12 heteroatoms. The minimum absolute atomic E-state index is 0.276. The van der Waals surface area contributed by atoms with Crippen molar-refractivity contribution in [2.45, 2.75) is 67.6 Å². The van der Waals surface area contributed by atoms with Gasteiger partial charge in [-0.2, -0.15) is 0 Å². The first-order valence-corrected chi connectivity index (χ1v) is 36.8. The average molecular weight is 1470 g/mol. The van der Waals surface area contributed by atoms with Gasteiger partial charge in [0.15, 0.2) is 23.3 Å². The number of nitrogens with zero attached hydrogens (tertiary/aromatic N) is 2. The van der Waals surface area contributed by atoms with Crippen molar-refractivity contribution in [1.82, 2.24) is 0 Å². The van der Waals surface area contributed by atoms with E-state index in [1.54, 1.807) is 46.2 Å². The number of halogens is 8. The lowest BCUT2D eigenvalue weighted by Crippen LogP contribution is -2.29. The largest absolute Gasteiger partial charge is 0.457 e. The summed E-state index contributed by atoms with van der Waals surface area (Å²) >= 11 is 0. The standard InChI is InChI=1S/C99H70F8N2O2/c1-7-59-17-37-71(38-18-59)110-73-41-25-63(26-42-73)98(61-21-29-65(100)30-22-61)79-15-11-9-13-75(79)77-45-33-67(49-83(77)98)108(93-55-89(104)87(102)53-91(93)106)69-35-47-81-85(51-69)97(57-95(81,3)4)58-96(5,6)82-48-36-70(52-86(82)97)109(94-56-90(105)88(103)54-92(94)107)68-34-46-78-76-14-10-12-16-80(76)99(84(78)50-68,62-23-31-66(101)32-24-62)64-27-43-74(44-28-64)111-72-39-19-60(8-2)20-40-72/h7-56H,1-2,57-58H2,3-6H3. The van der Waals surface area contributed by atoms with Crippen LogP contribution in [0.15, 0.2) is 304 Å². The molecule has 0 amide bonds. The third-order valence-corrected chi connectivity index (χ3v) is 23.4. The van der Waals surface area contributed by atoms with E-state index in [2.05, 4.69) is 40.9 Å². The third kappa shape index (κ3) is 11.1. The van der Waals surface area contributed by atoms with Gasteiger partial charge in [0.25, 0.3) is 0 Å². The Labute approximate surface area is 638 Å². The van der Waals surface area contributed by atoms with Crippen LogP contribution in [0, 0.1) is 46.5 Å². The van der Waals surface area contributed by atoms with E-state index in [1.807, 2.05) is 218 Å². The molecule has 2 atom stereocenters. The first-order valence-electron chi connectivity index (χ1n) is 36.8. The maximum Gasteiger partial charge on any atom is 0.161 e. The molecule has 1 spiro atoms. The van der Waals surface area contributed by atoms with Gasteiger partial charge in [-0.1, -0.05) is 199 Å². The lowest BCUT2D eigenvalue weighted by atomic mass is 9.67. The van der Waals surface area contributed by atoms with Crippen LogP contribution in [0.1, 0.15) is 118 Å². The summed E-state index contributed by atoms with van der Waals surface area (Å²) in [6.45, 7) is 16.5. The molecule has 0 N–H and O–H groups in total. The zero-order valence-electron chi connectivity index (χ0n) is 60.9. The summed E-state index contributed by atoms with van der Waals surface area (Å²) in [5.74, 6) is -5.88. The van der Waals surface area contributed by atoms with E-state index in [1.165, 1.54) is 24.3 Å². The molecule has 4 aliphatic rings. The number of ether oxygens (including phenoxy) is 2. The quantitative estimate of drug-likeness (QED) is 0.0711. The van der Waals surface area contributed by atoms with E-state index in [0.717, 1.165) is 112 Å². The Hall–Kier alpha value is -12.8. The lowest BCUT2D eigenvalue weighted by Gasteiger charge is -2.35. The van der Waals surface area contributed by atoms with Crippen LogP contribution in [0.3, 0.4) is 0 Å². The molecule has 2 unspecified atom stereocenters. The number of benzene rings is 14. The molecule has 4 aliphatic carbocycles.